The Morgan fingerprint density at radius 1 is 1.30 bits per heavy atom. The van der Waals surface area contributed by atoms with Crippen molar-refractivity contribution in [3.8, 4) is 0 Å². The van der Waals surface area contributed by atoms with E-state index in [-0.39, 0.29) is 23.8 Å². The van der Waals surface area contributed by atoms with E-state index >= 15 is 0 Å². The van der Waals surface area contributed by atoms with Gasteiger partial charge in [0, 0.05) is 29.4 Å². The molecular formula is C23H32N6O. The number of fused-ring (bicyclic) bond motifs is 1. The first kappa shape index (κ1) is 20.8. The zero-order valence-corrected chi connectivity index (χ0v) is 17.8. The van der Waals surface area contributed by atoms with E-state index in [0.29, 0.717) is 12.3 Å². The number of ketones is 1. The third-order valence-electron chi connectivity index (χ3n) is 6.60. The van der Waals surface area contributed by atoms with Gasteiger partial charge in [0.25, 0.3) is 0 Å². The molecule has 1 aliphatic heterocycles. The van der Waals surface area contributed by atoms with Crippen LogP contribution < -0.4 is 11.1 Å². The number of nitrogens with one attached hydrogen (secondary N) is 2. The van der Waals surface area contributed by atoms with Crippen molar-refractivity contribution in [1.29, 1.82) is 0 Å². The Morgan fingerprint density at radius 3 is 2.83 bits per heavy atom. The van der Waals surface area contributed by atoms with E-state index in [9.17, 15) is 4.79 Å². The highest BCUT2D eigenvalue weighted by Gasteiger charge is 2.31. The average Bonchev–Trinajstić information content (AvgIpc) is 3.44. The number of hydrogen-bond acceptors (Lipinski definition) is 5. The van der Waals surface area contributed by atoms with Crippen LogP contribution in [-0.4, -0.2) is 38.9 Å². The molecule has 0 aliphatic carbocycles. The van der Waals surface area contributed by atoms with Gasteiger partial charge in [-0.2, -0.15) is 0 Å². The van der Waals surface area contributed by atoms with Crippen molar-refractivity contribution in [2.24, 2.45) is 17.6 Å². The fraction of sp³-hybridized carbons (Fsp3) is 0.522. The topological polar surface area (TPSA) is 102 Å². The molecule has 1 saturated heterocycles. The van der Waals surface area contributed by atoms with Crippen molar-refractivity contribution in [2.45, 2.75) is 51.6 Å². The van der Waals surface area contributed by atoms with Crippen molar-refractivity contribution in [2.75, 3.05) is 13.1 Å². The maximum atomic E-state index is 13.6. The number of carbonyl (C=O) groups is 1. The molecule has 1 fully saturated rings. The van der Waals surface area contributed by atoms with E-state index in [4.69, 9.17) is 5.73 Å². The lowest BCUT2D eigenvalue weighted by Gasteiger charge is -2.26. The van der Waals surface area contributed by atoms with Crippen molar-refractivity contribution < 1.29 is 4.79 Å². The van der Waals surface area contributed by atoms with Gasteiger partial charge in [0.05, 0.1) is 17.9 Å². The molecule has 4 N–H and O–H groups in total. The molecule has 30 heavy (non-hydrogen) atoms. The number of hydrogen-bond donors (Lipinski definition) is 3. The Bertz CT molecular complexity index is 986. The van der Waals surface area contributed by atoms with Gasteiger partial charge in [0.15, 0.2) is 5.78 Å². The quantitative estimate of drug-likeness (QED) is 0.531. The fourth-order valence-electron chi connectivity index (χ4n) is 4.35. The molecule has 7 heteroatoms. The monoisotopic (exact) mass is 408 g/mol. The smallest absolute Gasteiger partial charge is 0.160 e. The molecule has 0 radical (unpaired) electrons. The fourth-order valence-corrected chi connectivity index (χ4v) is 4.35. The van der Waals surface area contributed by atoms with E-state index in [1.165, 1.54) is 0 Å². The van der Waals surface area contributed by atoms with Gasteiger partial charge in [-0.1, -0.05) is 43.7 Å². The van der Waals surface area contributed by atoms with Crippen LogP contribution in [-0.2, 0) is 11.2 Å². The zero-order valence-electron chi connectivity index (χ0n) is 17.8. The molecule has 3 heterocycles. The Balaban J connectivity index is 1.65. The van der Waals surface area contributed by atoms with E-state index in [2.05, 4.69) is 46.6 Å². The van der Waals surface area contributed by atoms with E-state index in [0.717, 1.165) is 54.5 Å². The summed E-state index contributed by atoms with van der Waals surface area (Å²) < 4.78 is 1.75. The van der Waals surface area contributed by atoms with Crippen LogP contribution in [0.4, 0.5) is 0 Å². The highest BCUT2D eigenvalue weighted by molar-refractivity contribution is 5.87. The minimum Gasteiger partial charge on any atom is -0.361 e. The summed E-state index contributed by atoms with van der Waals surface area (Å²) in [6.07, 6.45) is 7.20. The van der Waals surface area contributed by atoms with E-state index in [1.54, 1.807) is 4.68 Å². The molecule has 160 valence electrons. The van der Waals surface area contributed by atoms with Crippen molar-refractivity contribution in [3.05, 3.63) is 47.9 Å². The standard InChI is InChI=1S/C23H32N6O/c1-3-15(2)22(24)20-14-29(28-27-20)21(23(30)16-8-10-25-11-9-16)12-17-13-26-19-7-5-4-6-18(17)19/h4-7,13-16,21-22,25-26H,3,8-12,24H2,1-2H3/t15-,21-,22-/m0/s1. The average molecular weight is 409 g/mol. The van der Waals surface area contributed by atoms with Crippen molar-refractivity contribution in [1.82, 2.24) is 25.3 Å². The lowest BCUT2D eigenvalue weighted by Crippen LogP contribution is -2.36. The molecule has 4 rings (SSSR count). The molecule has 0 amide bonds. The number of carbonyl (C=O) groups excluding carboxylic acids is 1. The summed E-state index contributed by atoms with van der Waals surface area (Å²) >= 11 is 0. The lowest BCUT2D eigenvalue weighted by molar-refractivity contribution is -0.127. The number of piperidine rings is 1. The van der Waals surface area contributed by atoms with Gasteiger partial charge in [-0.25, -0.2) is 4.68 Å². The predicted molar refractivity (Wildman–Crippen MR) is 118 cm³/mol. The van der Waals surface area contributed by atoms with Crippen LogP contribution in [0.25, 0.3) is 10.9 Å². The van der Waals surface area contributed by atoms with Gasteiger partial charge in [0.2, 0.25) is 0 Å². The molecule has 2 aromatic heterocycles. The van der Waals surface area contributed by atoms with Crippen LogP contribution in [0.2, 0.25) is 0 Å². The number of benzene rings is 1. The molecule has 0 spiro atoms. The first-order chi connectivity index (χ1) is 14.6. The highest BCUT2D eigenvalue weighted by atomic mass is 16.1. The summed E-state index contributed by atoms with van der Waals surface area (Å²) in [5.41, 5.74) is 9.34. The number of nitrogens with two attached hydrogens (primary N) is 1. The maximum absolute atomic E-state index is 13.6. The first-order valence-electron chi connectivity index (χ1n) is 11.0. The number of Topliss-reactive ketones (excluding diaryl/α,β-unsaturated/α-hetero) is 1. The Morgan fingerprint density at radius 2 is 2.07 bits per heavy atom. The molecule has 7 nitrogen and oxygen atoms in total. The first-order valence-corrected chi connectivity index (χ1v) is 11.0. The predicted octanol–water partition coefficient (Wildman–Crippen LogP) is 3.16. The molecule has 0 bridgehead atoms. The maximum Gasteiger partial charge on any atom is 0.160 e. The summed E-state index contributed by atoms with van der Waals surface area (Å²) in [5.74, 6) is 0.607. The molecular weight excluding hydrogens is 376 g/mol. The molecule has 1 aliphatic rings. The van der Waals surface area contributed by atoms with Crippen molar-refractivity contribution in [3.63, 3.8) is 0 Å². The number of H-pyrrole nitrogens is 1. The lowest BCUT2D eigenvalue weighted by atomic mass is 9.87. The van der Waals surface area contributed by atoms with Crippen LogP contribution in [0.5, 0.6) is 0 Å². The van der Waals surface area contributed by atoms with Gasteiger partial charge in [-0.15, -0.1) is 5.10 Å². The van der Waals surface area contributed by atoms with Crippen LogP contribution in [0.15, 0.2) is 36.7 Å². The van der Waals surface area contributed by atoms with Crippen LogP contribution in [0.1, 0.15) is 56.5 Å². The molecule has 3 aromatic rings. The van der Waals surface area contributed by atoms with Gasteiger partial charge < -0.3 is 16.0 Å². The number of nitrogens with zero attached hydrogens (tertiary/aromatic N) is 3. The third-order valence-corrected chi connectivity index (χ3v) is 6.60. The second kappa shape index (κ2) is 9.10. The molecule has 1 aromatic carbocycles. The second-order valence-corrected chi connectivity index (χ2v) is 8.54. The van der Waals surface area contributed by atoms with E-state index in [1.807, 2.05) is 24.5 Å². The minimum absolute atomic E-state index is 0.0531. The Labute approximate surface area is 177 Å². The highest BCUT2D eigenvalue weighted by Crippen LogP contribution is 2.28. The summed E-state index contributed by atoms with van der Waals surface area (Å²) in [6, 6.07) is 7.65. The number of para-hydroxylation sites is 1. The minimum atomic E-state index is -0.377. The molecule has 0 saturated carbocycles. The van der Waals surface area contributed by atoms with Crippen LogP contribution >= 0.6 is 0 Å². The summed E-state index contributed by atoms with van der Waals surface area (Å²) in [4.78, 5) is 16.9. The summed E-state index contributed by atoms with van der Waals surface area (Å²) in [7, 11) is 0. The van der Waals surface area contributed by atoms with Gasteiger partial charge in [0.1, 0.15) is 6.04 Å². The number of aromatic amines is 1. The number of aromatic nitrogens is 4. The molecule has 0 unspecified atom stereocenters. The molecule has 3 atom stereocenters. The van der Waals surface area contributed by atoms with Crippen LogP contribution in [0.3, 0.4) is 0 Å². The summed E-state index contributed by atoms with van der Waals surface area (Å²) in [5, 5.41) is 13.2. The SMILES string of the molecule is CC[C@H](C)[C@H](N)c1cn([C@@H](Cc2c[nH]c3ccccc23)C(=O)C2CCNCC2)nn1. The third kappa shape index (κ3) is 4.18. The Hall–Kier alpha value is -2.51. The van der Waals surface area contributed by atoms with E-state index < -0.39 is 0 Å². The van der Waals surface area contributed by atoms with Gasteiger partial charge in [-0.05, 0) is 43.5 Å². The number of rotatable bonds is 8. The second-order valence-electron chi connectivity index (χ2n) is 8.54. The van der Waals surface area contributed by atoms with Crippen LogP contribution in [0, 0.1) is 11.8 Å². The Kier molecular flexibility index (Phi) is 6.29. The van der Waals surface area contributed by atoms with Gasteiger partial charge in [-0.3, -0.25) is 4.79 Å². The van der Waals surface area contributed by atoms with Gasteiger partial charge >= 0.3 is 0 Å². The largest absolute Gasteiger partial charge is 0.361 e. The zero-order chi connectivity index (χ0) is 21.1. The normalized spacial score (nSPS) is 18.4. The summed E-state index contributed by atoms with van der Waals surface area (Å²) in [6.45, 7) is 6.01. The van der Waals surface area contributed by atoms with Crippen molar-refractivity contribution >= 4 is 16.7 Å².